The van der Waals surface area contributed by atoms with Crippen molar-refractivity contribution in [2.75, 3.05) is 27.3 Å². The van der Waals surface area contributed by atoms with Gasteiger partial charge < -0.3 is 19.8 Å². The molecule has 1 aliphatic heterocycles. The largest absolute Gasteiger partial charge is 0.493 e. The number of rotatable bonds is 5. The molecule has 2 aromatic carbocycles. The minimum atomic E-state index is 0.661. The van der Waals surface area contributed by atoms with Crippen LogP contribution in [0.15, 0.2) is 30.3 Å². The molecular formula is C24H30N2O2. The predicted molar refractivity (Wildman–Crippen MR) is 116 cm³/mol. The Labute approximate surface area is 167 Å². The van der Waals surface area contributed by atoms with Gasteiger partial charge >= 0.3 is 0 Å². The van der Waals surface area contributed by atoms with Crippen LogP contribution in [0.2, 0.25) is 0 Å². The van der Waals surface area contributed by atoms with Crippen molar-refractivity contribution in [2.24, 2.45) is 0 Å². The number of hydrogen-bond donors (Lipinski definition) is 2. The fourth-order valence-corrected chi connectivity index (χ4v) is 4.55. The molecule has 28 heavy (non-hydrogen) atoms. The SMILES string of the molecule is CCc1c(-c2ccc(OC)c(OC)c2)[nH]c2c(C)cc(C3CCNCC3)cc12. The highest BCUT2D eigenvalue weighted by Crippen LogP contribution is 2.38. The van der Waals surface area contributed by atoms with Crippen molar-refractivity contribution >= 4 is 10.9 Å². The number of piperidine rings is 1. The van der Waals surface area contributed by atoms with Gasteiger partial charge in [-0.1, -0.05) is 13.0 Å². The third-order valence-corrected chi connectivity index (χ3v) is 6.07. The van der Waals surface area contributed by atoms with Crippen molar-refractivity contribution in [1.82, 2.24) is 10.3 Å². The Morgan fingerprint density at radius 3 is 2.43 bits per heavy atom. The summed E-state index contributed by atoms with van der Waals surface area (Å²) >= 11 is 0. The monoisotopic (exact) mass is 378 g/mol. The molecule has 4 heteroatoms. The minimum Gasteiger partial charge on any atom is -0.493 e. The van der Waals surface area contributed by atoms with E-state index in [2.05, 4.69) is 48.4 Å². The van der Waals surface area contributed by atoms with E-state index in [1.54, 1.807) is 14.2 Å². The number of hydrogen-bond acceptors (Lipinski definition) is 3. The van der Waals surface area contributed by atoms with Gasteiger partial charge in [0.15, 0.2) is 11.5 Å². The molecule has 0 saturated carbocycles. The second-order valence-electron chi connectivity index (χ2n) is 7.69. The van der Waals surface area contributed by atoms with Gasteiger partial charge in [-0.15, -0.1) is 0 Å². The highest BCUT2D eigenvalue weighted by Gasteiger charge is 2.20. The summed E-state index contributed by atoms with van der Waals surface area (Å²) < 4.78 is 10.9. The van der Waals surface area contributed by atoms with Crippen molar-refractivity contribution in [3.63, 3.8) is 0 Å². The maximum Gasteiger partial charge on any atom is 0.161 e. The lowest BCUT2D eigenvalue weighted by Crippen LogP contribution is -2.26. The van der Waals surface area contributed by atoms with Gasteiger partial charge in [0, 0.05) is 22.2 Å². The molecule has 0 unspecified atom stereocenters. The lowest BCUT2D eigenvalue weighted by atomic mass is 9.88. The van der Waals surface area contributed by atoms with Crippen LogP contribution in [0, 0.1) is 6.92 Å². The molecule has 1 aliphatic rings. The molecule has 1 fully saturated rings. The van der Waals surface area contributed by atoms with E-state index in [1.807, 2.05) is 6.07 Å². The quantitative estimate of drug-likeness (QED) is 0.642. The van der Waals surface area contributed by atoms with E-state index in [9.17, 15) is 0 Å². The van der Waals surface area contributed by atoms with Gasteiger partial charge in [-0.05, 0) is 86.1 Å². The van der Waals surface area contributed by atoms with E-state index in [-0.39, 0.29) is 0 Å². The molecular weight excluding hydrogens is 348 g/mol. The van der Waals surface area contributed by atoms with Crippen LogP contribution in [-0.2, 0) is 6.42 Å². The summed E-state index contributed by atoms with van der Waals surface area (Å²) in [6.45, 7) is 6.69. The molecule has 148 valence electrons. The van der Waals surface area contributed by atoms with Crippen LogP contribution in [0.5, 0.6) is 11.5 Å². The van der Waals surface area contributed by atoms with Crippen LogP contribution in [0.3, 0.4) is 0 Å². The summed E-state index contributed by atoms with van der Waals surface area (Å²) in [7, 11) is 3.35. The van der Waals surface area contributed by atoms with Crippen molar-refractivity contribution in [3.8, 4) is 22.8 Å². The Hall–Kier alpha value is -2.46. The molecule has 1 saturated heterocycles. The molecule has 0 amide bonds. The van der Waals surface area contributed by atoms with Gasteiger partial charge in [0.1, 0.15) is 0 Å². The summed E-state index contributed by atoms with van der Waals surface area (Å²) in [5.41, 5.74) is 7.75. The Morgan fingerprint density at radius 2 is 1.75 bits per heavy atom. The highest BCUT2D eigenvalue weighted by atomic mass is 16.5. The van der Waals surface area contributed by atoms with Crippen molar-refractivity contribution < 1.29 is 9.47 Å². The summed E-state index contributed by atoms with van der Waals surface area (Å²) in [5.74, 6) is 2.17. The van der Waals surface area contributed by atoms with E-state index in [4.69, 9.17) is 9.47 Å². The van der Waals surface area contributed by atoms with Gasteiger partial charge in [0.25, 0.3) is 0 Å². The van der Waals surface area contributed by atoms with E-state index >= 15 is 0 Å². The number of fused-ring (bicyclic) bond motifs is 1. The maximum absolute atomic E-state index is 5.52. The smallest absolute Gasteiger partial charge is 0.161 e. The Balaban J connectivity index is 1.85. The van der Waals surface area contributed by atoms with Crippen LogP contribution in [0.1, 0.15) is 42.4 Å². The normalized spacial score (nSPS) is 15.1. The van der Waals surface area contributed by atoms with Crippen molar-refractivity contribution in [1.29, 1.82) is 0 Å². The summed E-state index contributed by atoms with van der Waals surface area (Å²) in [5, 5.41) is 4.84. The average Bonchev–Trinajstić information content (AvgIpc) is 3.13. The van der Waals surface area contributed by atoms with Crippen LogP contribution in [-0.4, -0.2) is 32.3 Å². The molecule has 0 spiro atoms. The number of nitrogens with one attached hydrogen (secondary N) is 2. The summed E-state index contributed by atoms with van der Waals surface area (Å²) in [6.07, 6.45) is 3.43. The fraction of sp³-hybridized carbons (Fsp3) is 0.417. The van der Waals surface area contributed by atoms with E-state index < -0.39 is 0 Å². The number of H-pyrrole nitrogens is 1. The average molecular weight is 379 g/mol. The first-order chi connectivity index (χ1) is 13.7. The molecule has 3 aromatic rings. The number of benzene rings is 2. The fourth-order valence-electron chi connectivity index (χ4n) is 4.55. The predicted octanol–water partition coefficient (Wildman–Crippen LogP) is 5.19. The molecule has 4 nitrogen and oxygen atoms in total. The maximum atomic E-state index is 5.52. The zero-order valence-electron chi connectivity index (χ0n) is 17.3. The first-order valence-electron chi connectivity index (χ1n) is 10.2. The van der Waals surface area contributed by atoms with Crippen molar-refractivity contribution in [2.45, 2.75) is 39.0 Å². The summed E-state index contributed by atoms with van der Waals surface area (Å²) in [4.78, 5) is 3.71. The number of aryl methyl sites for hydroxylation is 2. The lowest BCUT2D eigenvalue weighted by molar-refractivity contribution is 0.355. The molecule has 4 rings (SSSR count). The number of ether oxygens (including phenoxy) is 2. The van der Waals surface area contributed by atoms with Gasteiger partial charge in [0.05, 0.1) is 14.2 Å². The van der Waals surface area contributed by atoms with Gasteiger partial charge in [-0.2, -0.15) is 0 Å². The van der Waals surface area contributed by atoms with Gasteiger partial charge in [-0.3, -0.25) is 0 Å². The molecule has 0 atom stereocenters. The number of aromatic nitrogens is 1. The van der Waals surface area contributed by atoms with Crippen LogP contribution < -0.4 is 14.8 Å². The van der Waals surface area contributed by atoms with Crippen LogP contribution in [0.4, 0.5) is 0 Å². The van der Waals surface area contributed by atoms with Crippen molar-refractivity contribution in [3.05, 3.63) is 47.0 Å². The Bertz CT molecular complexity index is 984. The Kier molecular flexibility index (Phi) is 5.31. The molecule has 0 radical (unpaired) electrons. The third kappa shape index (κ3) is 3.26. The van der Waals surface area contributed by atoms with Crippen LogP contribution in [0.25, 0.3) is 22.2 Å². The zero-order chi connectivity index (χ0) is 19.7. The molecule has 1 aromatic heterocycles. The zero-order valence-corrected chi connectivity index (χ0v) is 17.3. The standard InChI is InChI=1S/C24H30N2O2/c1-5-19-20-13-18(16-8-10-25-11-9-16)12-15(2)23(20)26-24(19)17-6-7-21(27-3)22(14-17)28-4/h6-7,12-14,16,25-26H,5,8-11H2,1-4H3. The minimum absolute atomic E-state index is 0.661. The second-order valence-corrected chi connectivity index (χ2v) is 7.69. The first kappa shape index (κ1) is 18.9. The molecule has 2 heterocycles. The van der Waals surface area contributed by atoms with E-state index in [1.165, 1.54) is 46.1 Å². The molecule has 0 bridgehead atoms. The number of methoxy groups -OCH3 is 2. The summed E-state index contributed by atoms with van der Waals surface area (Å²) in [6, 6.07) is 11.0. The van der Waals surface area contributed by atoms with Gasteiger partial charge in [0.2, 0.25) is 0 Å². The first-order valence-corrected chi connectivity index (χ1v) is 10.2. The lowest BCUT2D eigenvalue weighted by Gasteiger charge is -2.23. The molecule has 0 aliphatic carbocycles. The highest BCUT2D eigenvalue weighted by molar-refractivity contribution is 5.93. The Morgan fingerprint density at radius 1 is 1.00 bits per heavy atom. The second kappa shape index (κ2) is 7.88. The molecule has 2 N–H and O–H groups in total. The topological polar surface area (TPSA) is 46.3 Å². The van der Waals surface area contributed by atoms with Gasteiger partial charge in [-0.25, -0.2) is 0 Å². The van der Waals surface area contributed by atoms with E-state index in [0.29, 0.717) is 5.92 Å². The van der Waals surface area contributed by atoms with E-state index in [0.717, 1.165) is 36.6 Å². The third-order valence-electron chi connectivity index (χ3n) is 6.07. The number of aromatic amines is 1. The van der Waals surface area contributed by atoms with Crippen LogP contribution >= 0.6 is 0 Å².